The summed E-state index contributed by atoms with van der Waals surface area (Å²) in [5, 5.41) is 2.72. The van der Waals surface area contributed by atoms with E-state index in [0.29, 0.717) is 12.8 Å². The molecular formula is C23H30N2O5S. The zero-order valence-corrected chi connectivity index (χ0v) is 19.2. The van der Waals surface area contributed by atoms with E-state index in [1.165, 1.54) is 29.8 Å². The number of hydrogen-bond donors (Lipinski definition) is 2. The molecular weight excluding hydrogens is 416 g/mol. The number of amides is 1. The molecule has 0 bridgehead atoms. The largest absolute Gasteiger partial charge is 0.460 e. The fourth-order valence-corrected chi connectivity index (χ4v) is 4.17. The van der Waals surface area contributed by atoms with E-state index in [4.69, 9.17) is 4.74 Å². The van der Waals surface area contributed by atoms with Gasteiger partial charge in [0.15, 0.2) is 0 Å². The van der Waals surface area contributed by atoms with E-state index >= 15 is 0 Å². The van der Waals surface area contributed by atoms with Gasteiger partial charge >= 0.3 is 5.97 Å². The Morgan fingerprint density at radius 3 is 2.16 bits per heavy atom. The predicted molar refractivity (Wildman–Crippen MR) is 119 cm³/mol. The second kappa shape index (κ2) is 10.5. The summed E-state index contributed by atoms with van der Waals surface area (Å²) in [7, 11) is -3.67. The normalized spacial score (nSPS) is 11.7. The summed E-state index contributed by atoms with van der Waals surface area (Å²) >= 11 is 0. The van der Waals surface area contributed by atoms with Gasteiger partial charge in [-0.3, -0.25) is 4.79 Å². The number of benzene rings is 2. The Labute approximate surface area is 184 Å². The summed E-state index contributed by atoms with van der Waals surface area (Å²) in [6.45, 7) is 7.49. The Hall–Kier alpha value is -2.71. The van der Waals surface area contributed by atoms with Gasteiger partial charge in [0, 0.05) is 12.0 Å². The van der Waals surface area contributed by atoms with Crippen LogP contribution in [-0.4, -0.2) is 39.0 Å². The molecule has 0 radical (unpaired) electrons. The maximum atomic E-state index is 12.3. The van der Waals surface area contributed by atoms with Crippen molar-refractivity contribution in [2.24, 2.45) is 0 Å². The Morgan fingerprint density at radius 1 is 0.968 bits per heavy atom. The molecule has 2 aromatic rings. The number of ether oxygens (including phenoxy) is 1. The molecule has 8 heteroatoms. The molecule has 0 unspecified atom stereocenters. The minimum absolute atomic E-state index is 0.0285. The first-order valence-corrected chi connectivity index (χ1v) is 11.6. The standard InChI is InChI=1S/C23H30N2O5S/c1-17-5-7-18(8-6-17)9-14-21(26)24-15-16-30-22(27)19-10-12-20(13-11-19)31(28,29)25-23(2,3)4/h5-8,10-13,25H,9,14-16H2,1-4H3,(H,24,26). The average Bonchev–Trinajstić information content (AvgIpc) is 2.69. The van der Waals surface area contributed by atoms with E-state index in [1.807, 2.05) is 31.2 Å². The van der Waals surface area contributed by atoms with Gasteiger partial charge in [-0.05, 0) is 63.9 Å². The van der Waals surface area contributed by atoms with Crippen molar-refractivity contribution in [1.82, 2.24) is 10.0 Å². The monoisotopic (exact) mass is 446 g/mol. The topological polar surface area (TPSA) is 102 Å². The Kier molecular flexibility index (Phi) is 8.36. The van der Waals surface area contributed by atoms with E-state index in [-0.39, 0.29) is 29.5 Å². The molecule has 0 saturated carbocycles. The van der Waals surface area contributed by atoms with E-state index in [1.54, 1.807) is 20.8 Å². The van der Waals surface area contributed by atoms with Gasteiger partial charge in [-0.15, -0.1) is 0 Å². The summed E-state index contributed by atoms with van der Waals surface area (Å²) in [6, 6.07) is 13.5. The molecule has 168 valence electrons. The first kappa shape index (κ1) is 24.6. The summed E-state index contributed by atoms with van der Waals surface area (Å²) in [5.41, 5.74) is 1.89. The molecule has 31 heavy (non-hydrogen) atoms. The molecule has 0 aliphatic heterocycles. The average molecular weight is 447 g/mol. The van der Waals surface area contributed by atoms with Crippen LogP contribution in [0.1, 0.15) is 48.7 Å². The van der Waals surface area contributed by atoms with Crippen LogP contribution in [0.15, 0.2) is 53.4 Å². The van der Waals surface area contributed by atoms with Crippen molar-refractivity contribution in [2.45, 2.75) is 51.0 Å². The summed E-state index contributed by atoms with van der Waals surface area (Å²) in [6.07, 6.45) is 1.00. The molecule has 0 spiro atoms. The lowest BCUT2D eigenvalue weighted by Gasteiger charge is -2.20. The third kappa shape index (κ3) is 8.51. The van der Waals surface area contributed by atoms with Gasteiger partial charge in [-0.25, -0.2) is 17.9 Å². The van der Waals surface area contributed by atoms with Crippen LogP contribution in [0.25, 0.3) is 0 Å². The van der Waals surface area contributed by atoms with Crippen LogP contribution < -0.4 is 10.0 Å². The van der Waals surface area contributed by atoms with E-state index in [2.05, 4.69) is 10.0 Å². The van der Waals surface area contributed by atoms with Gasteiger partial charge in [0.05, 0.1) is 17.0 Å². The lowest BCUT2D eigenvalue weighted by molar-refractivity contribution is -0.121. The molecule has 2 aromatic carbocycles. The van der Waals surface area contributed by atoms with Gasteiger partial charge in [-0.1, -0.05) is 29.8 Å². The van der Waals surface area contributed by atoms with Crippen LogP contribution in [0.5, 0.6) is 0 Å². The van der Waals surface area contributed by atoms with Crippen LogP contribution >= 0.6 is 0 Å². The fourth-order valence-electron chi connectivity index (χ4n) is 2.75. The number of nitrogens with one attached hydrogen (secondary N) is 2. The van der Waals surface area contributed by atoms with Crippen molar-refractivity contribution in [3.8, 4) is 0 Å². The molecule has 1 amide bonds. The predicted octanol–water partition coefficient (Wildman–Crippen LogP) is 2.98. The van der Waals surface area contributed by atoms with Crippen molar-refractivity contribution in [1.29, 1.82) is 0 Å². The van der Waals surface area contributed by atoms with Gasteiger partial charge in [0.1, 0.15) is 6.61 Å². The van der Waals surface area contributed by atoms with Crippen LogP contribution in [0, 0.1) is 6.92 Å². The Morgan fingerprint density at radius 2 is 1.58 bits per heavy atom. The number of rotatable bonds is 9. The first-order valence-electron chi connectivity index (χ1n) is 10.1. The zero-order chi connectivity index (χ0) is 23.1. The number of aryl methyl sites for hydroxylation is 2. The Bertz CT molecular complexity index is 992. The van der Waals surface area contributed by atoms with Crippen LogP contribution in [0.2, 0.25) is 0 Å². The second-order valence-electron chi connectivity index (χ2n) is 8.35. The van der Waals surface area contributed by atoms with Crippen molar-refractivity contribution < 1.29 is 22.7 Å². The van der Waals surface area contributed by atoms with Crippen molar-refractivity contribution >= 4 is 21.9 Å². The molecule has 2 N–H and O–H groups in total. The third-order valence-electron chi connectivity index (χ3n) is 4.26. The molecule has 0 heterocycles. The van der Waals surface area contributed by atoms with E-state index in [0.717, 1.165) is 5.56 Å². The molecule has 0 aliphatic rings. The number of sulfonamides is 1. The van der Waals surface area contributed by atoms with Crippen LogP contribution in [0.3, 0.4) is 0 Å². The van der Waals surface area contributed by atoms with Gasteiger partial charge < -0.3 is 10.1 Å². The maximum absolute atomic E-state index is 12.3. The highest BCUT2D eigenvalue weighted by Crippen LogP contribution is 2.14. The molecule has 0 atom stereocenters. The van der Waals surface area contributed by atoms with Crippen molar-refractivity contribution in [3.63, 3.8) is 0 Å². The number of esters is 1. The molecule has 2 rings (SSSR count). The quantitative estimate of drug-likeness (QED) is 0.455. The molecule has 7 nitrogen and oxygen atoms in total. The van der Waals surface area contributed by atoms with Gasteiger partial charge in [0.2, 0.25) is 15.9 Å². The SMILES string of the molecule is Cc1ccc(CCC(=O)NCCOC(=O)c2ccc(S(=O)(=O)NC(C)(C)C)cc2)cc1. The molecule has 0 saturated heterocycles. The maximum Gasteiger partial charge on any atom is 0.338 e. The highest BCUT2D eigenvalue weighted by Gasteiger charge is 2.22. The van der Waals surface area contributed by atoms with E-state index in [9.17, 15) is 18.0 Å². The minimum atomic E-state index is -3.67. The third-order valence-corrected chi connectivity index (χ3v) is 6.03. The highest BCUT2D eigenvalue weighted by molar-refractivity contribution is 7.89. The lowest BCUT2D eigenvalue weighted by atomic mass is 10.1. The highest BCUT2D eigenvalue weighted by atomic mass is 32.2. The van der Waals surface area contributed by atoms with Crippen LogP contribution in [0.4, 0.5) is 0 Å². The fraction of sp³-hybridized carbons (Fsp3) is 0.391. The van der Waals surface area contributed by atoms with Gasteiger partial charge in [0.25, 0.3) is 0 Å². The van der Waals surface area contributed by atoms with E-state index < -0.39 is 21.5 Å². The number of carbonyl (C=O) groups is 2. The molecule has 0 aliphatic carbocycles. The summed E-state index contributed by atoms with van der Waals surface area (Å²) in [5.74, 6) is -0.695. The van der Waals surface area contributed by atoms with Gasteiger partial charge in [-0.2, -0.15) is 0 Å². The lowest BCUT2D eigenvalue weighted by Crippen LogP contribution is -2.40. The second-order valence-corrected chi connectivity index (χ2v) is 10.0. The smallest absolute Gasteiger partial charge is 0.338 e. The Balaban J connectivity index is 1.74. The number of carbonyl (C=O) groups excluding carboxylic acids is 2. The number of hydrogen-bond acceptors (Lipinski definition) is 5. The first-order chi connectivity index (χ1) is 14.5. The molecule has 0 fully saturated rings. The zero-order valence-electron chi connectivity index (χ0n) is 18.4. The van der Waals surface area contributed by atoms with Crippen molar-refractivity contribution in [2.75, 3.05) is 13.2 Å². The molecule has 0 aromatic heterocycles. The minimum Gasteiger partial charge on any atom is -0.460 e. The summed E-state index contributed by atoms with van der Waals surface area (Å²) in [4.78, 5) is 24.1. The summed E-state index contributed by atoms with van der Waals surface area (Å²) < 4.78 is 32.3. The van der Waals surface area contributed by atoms with Crippen LogP contribution in [-0.2, 0) is 26.0 Å². The van der Waals surface area contributed by atoms with Crippen molar-refractivity contribution in [3.05, 3.63) is 65.2 Å².